The number of amides is 1. The third-order valence-corrected chi connectivity index (χ3v) is 6.55. The second-order valence-corrected chi connectivity index (χ2v) is 9.20. The zero-order valence-electron chi connectivity index (χ0n) is 17.3. The van der Waals surface area contributed by atoms with Gasteiger partial charge in [-0.2, -0.15) is 8.75 Å². The van der Waals surface area contributed by atoms with Crippen LogP contribution in [0.25, 0.3) is 11.0 Å². The van der Waals surface area contributed by atoms with Gasteiger partial charge in [0.15, 0.2) is 0 Å². The molecule has 12 nitrogen and oxygen atoms in total. The van der Waals surface area contributed by atoms with Crippen molar-refractivity contribution in [3.05, 3.63) is 48.0 Å². The highest BCUT2D eigenvalue weighted by molar-refractivity contribution is 7.93. The number of carboxylic acid groups (broad SMARTS) is 1. The van der Waals surface area contributed by atoms with E-state index in [1.165, 1.54) is 18.2 Å². The molecule has 1 amide bonds. The molecule has 8 N–H and O–H groups in total. The maximum Gasteiger partial charge on any atom is 0.326 e. The number of hydrogen-bond acceptors (Lipinski definition) is 10. The fourth-order valence-corrected chi connectivity index (χ4v) is 4.88. The van der Waals surface area contributed by atoms with Crippen molar-refractivity contribution in [1.29, 1.82) is 0 Å². The van der Waals surface area contributed by atoms with E-state index in [2.05, 4.69) is 24.1 Å². The van der Waals surface area contributed by atoms with Crippen molar-refractivity contribution in [2.24, 2.45) is 11.5 Å². The molecule has 0 aliphatic heterocycles. The average Bonchev–Trinajstić information content (AvgIpc) is 3.24. The Morgan fingerprint density at radius 1 is 1.09 bits per heavy atom. The zero-order valence-corrected chi connectivity index (χ0v) is 18.9. The number of carbonyl (C=O) groups excluding carboxylic acids is 1. The van der Waals surface area contributed by atoms with Gasteiger partial charge in [0, 0.05) is 0 Å². The van der Waals surface area contributed by atoms with E-state index in [1.54, 1.807) is 24.3 Å². The summed E-state index contributed by atoms with van der Waals surface area (Å²) in [6.45, 7) is 0.366. The number of fused-ring (bicyclic) bond motifs is 1. The van der Waals surface area contributed by atoms with Crippen LogP contribution in [0.2, 0.25) is 0 Å². The summed E-state index contributed by atoms with van der Waals surface area (Å²) in [7, 11) is -4.11. The molecule has 1 heterocycles. The van der Waals surface area contributed by atoms with Crippen LogP contribution in [0, 0.1) is 0 Å². The number of carbonyl (C=O) groups is 2. The second-order valence-electron chi connectivity index (χ2n) is 7.03. The Balaban J connectivity index is 1.78. The van der Waals surface area contributed by atoms with E-state index >= 15 is 0 Å². The number of sulfonamides is 1. The molecule has 0 aliphatic rings. The van der Waals surface area contributed by atoms with Crippen molar-refractivity contribution < 1.29 is 23.1 Å². The van der Waals surface area contributed by atoms with Crippen molar-refractivity contribution in [3.63, 3.8) is 0 Å². The van der Waals surface area contributed by atoms with Gasteiger partial charge < -0.3 is 21.9 Å². The lowest BCUT2D eigenvalue weighted by atomic mass is 10.1. The number of hydrogen-bond donors (Lipinski definition) is 6. The van der Waals surface area contributed by atoms with E-state index in [9.17, 15) is 23.1 Å². The van der Waals surface area contributed by atoms with E-state index in [0.29, 0.717) is 18.5 Å². The van der Waals surface area contributed by atoms with Gasteiger partial charge in [-0.05, 0) is 43.7 Å². The Labute approximate surface area is 193 Å². The van der Waals surface area contributed by atoms with E-state index in [1.807, 2.05) is 0 Å². The highest BCUT2D eigenvalue weighted by atomic mass is 32.2. The third-order valence-electron chi connectivity index (χ3n) is 4.61. The monoisotopic (exact) mass is 493 g/mol. The van der Waals surface area contributed by atoms with Crippen LogP contribution in [0.4, 0.5) is 5.69 Å². The average molecular weight is 494 g/mol. The Morgan fingerprint density at radius 3 is 2.58 bits per heavy atom. The van der Waals surface area contributed by atoms with Gasteiger partial charge in [-0.25, -0.2) is 13.2 Å². The first-order chi connectivity index (χ1) is 15.7. The summed E-state index contributed by atoms with van der Waals surface area (Å²) in [4.78, 5) is 24.3. The maximum absolute atomic E-state index is 13.0. The third kappa shape index (κ3) is 6.21. The van der Waals surface area contributed by atoms with Gasteiger partial charge in [-0.3, -0.25) is 14.8 Å². The molecule has 0 radical (unpaired) electrons. The Hall–Kier alpha value is -3.17. The van der Waals surface area contributed by atoms with Crippen LogP contribution in [0.3, 0.4) is 0 Å². The van der Waals surface area contributed by atoms with Gasteiger partial charge >= 0.3 is 5.97 Å². The largest absolute Gasteiger partial charge is 0.480 e. The SMILES string of the molecule is NC(N)NCCC[C@H](NC(=O)c1ccccc1NS(=O)(=O)c1cccc2nsnc12)C(=O)O. The number of aliphatic carboxylic acids is 1. The molecule has 0 bridgehead atoms. The fourth-order valence-electron chi connectivity index (χ4n) is 3.04. The number of nitrogens with one attached hydrogen (secondary N) is 3. The molecular weight excluding hydrogens is 470 g/mol. The van der Waals surface area contributed by atoms with Crippen LogP contribution in [-0.2, 0) is 14.8 Å². The van der Waals surface area contributed by atoms with Crippen molar-refractivity contribution in [2.75, 3.05) is 11.3 Å². The van der Waals surface area contributed by atoms with Crippen LogP contribution < -0.4 is 26.8 Å². The highest BCUT2D eigenvalue weighted by Crippen LogP contribution is 2.25. The second kappa shape index (κ2) is 10.6. The summed E-state index contributed by atoms with van der Waals surface area (Å²) < 4.78 is 36.5. The van der Waals surface area contributed by atoms with Crippen LogP contribution >= 0.6 is 11.7 Å². The number of nitrogens with two attached hydrogens (primary N) is 2. The summed E-state index contributed by atoms with van der Waals surface area (Å²) in [5.74, 6) is -1.96. The molecule has 3 aromatic rings. The van der Waals surface area contributed by atoms with Gasteiger partial charge in [0.25, 0.3) is 15.9 Å². The lowest BCUT2D eigenvalue weighted by molar-refractivity contribution is -0.139. The molecule has 2 aromatic carbocycles. The van der Waals surface area contributed by atoms with Gasteiger partial charge in [0.2, 0.25) is 0 Å². The molecule has 3 rings (SSSR count). The van der Waals surface area contributed by atoms with Gasteiger partial charge in [0.1, 0.15) is 28.3 Å². The van der Waals surface area contributed by atoms with E-state index in [-0.39, 0.29) is 28.1 Å². The summed E-state index contributed by atoms with van der Waals surface area (Å²) in [5.41, 5.74) is 11.4. The van der Waals surface area contributed by atoms with Gasteiger partial charge in [-0.15, -0.1) is 0 Å². The number of carboxylic acids is 1. The predicted molar refractivity (Wildman–Crippen MR) is 123 cm³/mol. The molecule has 1 aromatic heterocycles. The minimum Gasteiger partial charge on any atom is -0.480 e. The number of aromatic nitrogens is 2. The van der Waals surface area contributed by atoms with E-state index in [4.69, 9.17) is 11.5 Å². The van der Waals surface area contributed by atoms with Crippen LogP contribution in [0.15, 0.2) is 47.4 Å². The minimum absolute atomic E-state index is 0.00453. The molecule has 0 unspecified atom stereocenters. The van der Waals surface area contributed by atoms with Crippen molar-refractivity contribution in [3.8, 4) is 0 Å². The molecule has 33 heavy (non-hydrogen) atoms. The van der Waals surface area contributed by atoms with Crippen molar-refractivity contribution in [2.45, 2.75) is 30.1 Å². The maximum atomic E-state index is 13.0. The Morgan fingerprint density at radius 2 is 1.85 bits per heavy atom. The standard InChI is InChI=1S/C19H23N7O5S2/c20-19(21)22-10-4-8-14(18(28)29)23-17(27)11-5-1-2-6-12(11)26-33(30,31)15-9-3-7-13-16(15)25-32-24-13/h1-3,5-7,9,14,19,22,26H,4,8,10,20-21H2,(H,23,27)(H,28,29)/t14-/m0/s1. The van der Waals surface area contributed by atoms with Crippen LogP contribution in [0.5, 0.6) is 0 Å². The fraction of sp³-hybridized carbons (Fsp3) is 0.263. The lowest BCUT2D eigenvalue weighted by Gasteiger charge is -2.17. The molecule has 0 spiro atoms. The van der Waals surface area contributed by atoms with E-state index < -0.39 is 34.2 Å². The lowest BCUT2D eigenvalue weighted by Crippen LogP contribution is -2.46. The molecule has 0 saturated heterocycles. The Kier molecular flexibility index (Phi) is 7.88. The summed E-state index contributed by atoms with van der Waals surface area (Å²) in [6.07, 6.45) is -0.219. The predicted octanol–water partition coefficient (Wildman–Crippen LogP) is 0.246. The first-order valence-electron chi connectivity index (χ1n) is 9.80. The molecule has 0 fully saturated rings. The zero-order chi connectivity index (χ0) is 24.0. The first-order valence-corrected chi connectivity index (χ1v) is 12.0. The summed E-state index contributed by atoms with van der Waals surface area (Å²) >= 11 is 0.886. The highest BCUT2D eigenvalue weighted by Gasteiger charge is 2.25. The molecule has 0 saturated carbocycles. The number of nitrogens with zero attached hydrogens (tertiary/aromatic N) is 2. The van der Waals surface area contributed by atoms with Gasteiger partial charge in [-0.1, -0.05) is 18.2 Å². The number of benzene rings is 2. The number of para-hydroxylation sites is 1. The van der Waals surface area contributed by atoms with Crippen LogP contribution in [0.1, 0.15) is 23.2 Å². The summed E-state index contributed by atoms with van der Waals surface area (Å²) in [5, 5.41) is 14.6. The normalized spacial score (nSPS) is 12.6. The van der Waals surface area contributed by atoms with E-state index in [0.717, 1.165) is 11.7 Å². The molecule has 0 aliphatic carbocycles. The molecular formula is C19H23N7O5S2. The topological polar surface area (TPSA) is 202 Å². The number of rotatable bonds is 11. The first kappa shape index (κ1) is 24.5. The van der Waals surface area contributed by atoms with Crippen molar-refractivity contribution in [1.82, 2.24) is 19.4 Å². The van der Waals surface area contributed by atoms with Crippen molar-refractivity contribution >= 4 is 50.3 Å². The summed E-state index contributed by atoms with van der Waals surface area (Å²) in [6, 6.07) is 9.28. The molecule has 14 heteroatoms. The Bertz CT molecular complexity index is 1250. The minimum atomic E-state index is -4.11. The van der Waals surface area contributed by atoms with Gasteiger partial charge in [0.05, 0.1) is 23.0 Å². The van der Waals surface area contributed by atoms with Crippen LogP contribution in [-0.4, -0.2) is 53.0 Å². The number of anilines is 1. The quantitative estimate of drug-likeness (QED) is 0.159. The molecule has 176 valence electrons. The smallest absolute Gasteiger partial charge is 0.326 e. The molecule has 1 atom stereocenters.